The summed E-state index contributed by atoms with van der Waals surface area (Å²) >= 11 is 0. The number of ether oxygens (including phenoxy) is 2. The quantitative estimate of drug-likeness (QED) is 0.559. The summed E-state index contributed by atoms with van der Waals surface area (Å²) in [5, 5.41) is 0. The molecule has 2 saturated heterocycles. The molecular formula is C10H19NO2. The second-order valence-electron chi connectivity index (χ2n) is 4.89. The van der Waals surface area contributed by atoms with Crippen LogP contribution in [0, 0.1) is 0 Å². The summed E-state index contributed by atoms with van der Waals surface area (Å²) in [7, 11) is 0. The lowest BCUT2D eigenvalue weighted by Gasteiger charge is -2.31. The van der Waals surface area contributed by atoms with Crippen LogP contribution in [-0.4, -0.2) is 49.0 Å². The van der Waals surface area contributed by atoms with Crippen molar-refractivity contribution in [2.24, 2.45) is 0 Å². The van der Waals surface area contributed by atoms with Gasteiger partial charge in [-0.15, -0.1) is 0 Å². The predicted molar refractivity (Wildman–Crippen MR) is 50.8 cm³/mol. The molecule has 0 radical (unpaired) electrons. The third-order valence-electron chi connectivity index (χ3n) is 2.91. The van der Waals surface area contributed by atoms with Gasteiger partial charge in [0.15, 0.2) is 0 Å². The van der Waals surface area contributed by atoms with Crippen LogP contribution in [0.15, 0.2) is 0 Å². The van der Waals surface area contributed by atoms with Crippen molar-refractivity contribution in [2.75, 3.05) is 26.3 Å². The molecular weight excluding hydrogens is 166 g/mol. The standard InChI is InChI=1S/C10H19NO2/c1-10(2,3)11-6-8-9(7-11)13-5-4-12-8/h8-9H,4-7H2,1-3H3. The lowest BCUT2D eigenvalue weighted by molar-refractivity contribution is -0.116. The molecule has 2 heterocycles. The summed E-state index contributed by atoms with van der Waals surface area (Å²) in [5.41, 5.74) is 0.240. The average molecular weight is 185 g/mol. The first-order chi connectivity index (χ1) is 6.07. The fourth-order valence-corrected chi connectivity index (χ4v) is 2.01. The SMILES string of the molecule is CC(C)(C)N1CC2OCCOC2C1. The number of fused-ring (bicyclic) bond motifs is 1. The molecule has 0 aliphatic carbocycles. The lowest BCUT2D eigenvalue weighted by Crippen LogP contribution is -2.40. The fraction of sp³-hybridized carbons (Fsp3) is 1.00. The van der Waals surface area contributed by atoms with Gasteiger partial charge in [-0.1, -0.05) is 0 Å². The van der Waals surface area contributed by atoms with Crippen LogP contribution in [0.2, 0.25) is 0 Å². The Morgan fingerprint density at radius 3 is 1.85 bits per heavy atom. The normalized spacial score (nSPS) is 36.2. The highest BCUT2D eigenvalue weighted by molar-refractivity contribution is 4.93. The molecule has 2 aliphatic heterocycles. The minimum absolute atomic E-state index is 0.240. The van der Waals surface area contributed by atoms with Crippen molar-refractivity contribution in [3.63, 3.8) is 0 Å². The van der Waals surface area contributed by atoms with Crippen LogP contribution in [0.3, 0.4) is 0 Å². The van der Waals surface area contributed by atoms with E-state index < -0.39 is 0 Å². The Labute approximate surface area is 80.0 Å². The molecule has 0 saturated carbocycles. The summed E-state index contributed by atoms with van der Waals surface area (Å²) in [6.07, 6.45) is 0.626. The monoisotopic (exact) mass is 185 g/mol. The minimum Gasteiger partial charge on any atom is -0.372 e. The molecule has 0 aromatic carbocycles. The molecule has 0 spiro atoms. The molecule has 0 N–H and O–H groups in total. The Bertz CT molecular complexity index is 174. The second-order valence-corrected chi connectivity index (χ2v) is 4.89. The first-order valence-electron chi connectivity index (χ1n) is 5.05. The second kappa shape index (κ2) is 3.23. The summed E-state index contributed by atoms with van der Waals surface area (Å²) in [5.74, 6) is 0. The summed E-state index contributed by atoms with van der Waals surface area (Å²) in [6, 6.07) is 0. The van der Waals surface area contributed by atoms with E-state index in [1.165, 1.54) is 0 Å². The molecule has 2 rings (SSSR count). The van der Waals surface area contributed by atoms with Crippen molar-refractivity contribution in [3.05, 3.63) is 0 Å². The number of nitrogens with zero attached hydrogens (tertiary/aromatic N) is 1. The molecule has 2 unspecified atom stereocenters. The van der Waals surface area contributed by atoms with Crippen LogP contribution in [0.25, 0.3) is 0 Å². The van der Waals surface area contributed by atoms with E-state index in [1.807, 2.05) is 0 Å². The zero-order valence-corrected chi connectivity index (χ0v) is 8.75. The molecule has 3 nitrogen and oxygen atoms in total. The van der Waals surface area contributed by atoms with Crippen molar-refractivity contribution in [2.45, 2.75) is 38.5 Å². The molecule has 3 heteroatoms. The highest BCUT2D eigenvalue weighted by Crippen LogP contribution is 2.26. The van der Waals surface area contributed by atoms with Crippen molar-refractivity contribution in [1.82, 2.24) is 4.90 Å². The Balaban J connectivity index is 1.99. The number of hydrogen-bond donors (Lipinski definition) is 0. The third kappa shape index (κ3) is 1.87. The van der Waals surface area contributed by atoms with Gasteiger partial charge in [0.05, 0.1) is 25.4 Å². The Kier molecular flexibility index (Phi) is 2.34. The molecule has 0 amide bonds. The molecule has 13 heavy (non-hydrogen) atoms. The molecule has 0 aromatic rings. The summed E-state index contributed by atoms with van der Waals surface area (Å²) in [6.45, 7) is 10.3. The van der Waals surface area contributed by atoms with Crippen LogP contribution in [0.1, 0.15) is 20.8 Å². The van der Waals surface area contributed by atoms with Crippen LogP contribution in [0.5, 0.6) is 0 Å². The van der Waals surface area contributed by atoms with Gasteiger partial charge in [-0.2, -0.15) is 0 Å². The van der Waals surface area contributed by atoms with Crippen molar-refractivity contribution in [1.29, 1.82) is 0 Å². The fourth-order valence-electron chi connectivity index (χ4n) is 2.01. The van der Waals surface area contributed by atoms with E-state index in [1.54, 1.807) is 0 Å². The molecule has 0 bridgehead atoms. The smallest absolute Gasteiger partial charge is 0.0977 e. The van der Waals surface area contributed by atoms with Gasteiger partial charge in [0.1, 0.15) is 0 Å². The lowest BCUT2D eigenvalue weighted by atomic mass is 10.1. The maximum absolute atomic E-state index is 5.66. The zero-order chi connectivity index (χ0) is 9.47. The van der Waals surface area contributed by atoms with Crippen molar-refractivity contribution >= 4 is 0 Å². The Hall–Kier alpha value is -0.120. The van der Waals surface area contributed by atoms with Gasteiger partial charge in [-0.25, -0.2) is 0 Å². The molecule has 0 aromatic heterocycles. The number of rotatable bonds is 0. The van der Waals surface area contributed by atoms with Gasteiger partial charge in [0.2, 0.25) is 0 Å². The zero-order valence-electron chi connectivity index (χ0n) is 8.75. The van der Waals surface area contributed by atoms with Crippen LogP contribution in [-0.2, 0) is 9.47 Å². The number of hydrogen-bond acceptors (Lipinski definition) is 3. The Morgan fingerprint density at radius 1 is 1.00 bits per heavy atom. The van der Waals surface area contributed by atoms with Gasteiger partial charge in [0, 0.05) is 18.6 Å². The van der Waals surface area contributed by atoms with E-state index in [2.05, 4.69) is 25.7 Å². The maximum atomic E-state index is 5.66. The van der Waals surface area contributed by atoms with Crippen LogP contribution in [0.4, 0.5) is 0 Å². The summed E-state index contributed by atoms with van der Waals surface area (Å²) in [4.78, 5) is 2.44. The Morgan fingerprint density at radius 2 is 1.46 bits per heavy atom. The average Bonchev–Trinajstić information content (AvgIpc) is 2.45. The van der Waals surface area contributed by atoms with E-state index in [0.29, 0.717) is 12.2 Å². The first kappa shape index (κ1) is 9.44. The summed E-state index contributed by atoms with van der Waals surface area (Å²) < 4.78 is 11.3. The van der Waals surface area contributed by atoms with E-state index in [9.17, 15) is 0 Å². The molecule has 2 fully saturated rings. The molecule has 2 atom stereocenters. The van der Waals surface area contributed by atoms with Gasteiger partial charge >= 0.3 is 0 Å². The number of likely N-dealkylation sites (tertiary alicyclic amines) is 1. The van der Waals surface area contributed by atoms with Gasteiger partial charge in [-0.05, 0) is 20.8 Å². The van der Waals surface area contributed by atoms with Crippen molar-refractivity contribution in [3.8, 4) is 0 Å². The first-order valence-corrected chi connectivity index (χ1v) is 5.05. The largest absolute Gasteiger partial charge is 0.372 e. The van der Waals surface area contributed by atoms with Crippen molar-refractivity contribution < 1.29 is 9.47 Å². The van der Waals surface area contributed by atoms with Crippen LogP contribution < -0.4 is 0 Å². The third-order valence-corrected chi connectivity index (χ3v) is 2.91. The molecule has 2 aliphatic rings. The maximum Gasteiger partial charge on any atom is 0.0977 e. The van der Waals surface area contributed by atoms with Gasteiger partial charge in [0.25, 0.3) is 0 Å². The highest BCUT2D eigenvalue weighted by Gasteiger charge is 2.40. The van der Waals surface area contributed by atoms with Gasteiger partial charge < -0.3 is 9.47 Å². The van der Waals surface area contributed by atoms with E-state index >= 15 is 0 Å². The van der Waals surface area contributed by atoms with E-state index in [0.717, 1.165) is 26.3 Å². The highest BCUT2D eigenvalue weighted by atomic mass is 16.6. The van der Waals surface area contributed by atoms with Crippen LogP contribution >= 0.6 is 0 Å². The topological polar surface area (TPSA) is 21.7 Å². The minimum atomic E-state index is 0.240. The van der Waals surface area contributed by atoms with E-state index in [-0.39, 0.29) is 5.54 Å². The predicted octanol–water partition coefficient (Wildman–Crippen LogP) is 0.884. The van der Waals surface area contributed by atoms with Gasteiger partial charge in [-0.3, -0.25) is 4.90 Å². The van der Waals surface area contributed by atoms with E-state index in [4.69, 9.17) is 9.47 Å². The molecule has 76 valence electrons.